The summed E-state index contributed by atoms with van der Waals surface area (Å²) in [6, 6.07) is 9.84. The summed E-state index contributed by atoms with van der Waals surface area (Å²) in [6.45, 7) is 0.393. The minimum atomic E-state index is -4.49. The highest BCUT2D eigenvalue weighted by molar-refractivity contribution is 5.63. The average molecular weight is 362 g/mol. The SMILES string of the molecule is O=c1c(-c2cccc(C(F)(F)F)c2)c[n+](CCC=NO)c2ccccn12. The molecule has 8 heteroatoms. The fourth-order valence-corrected chi connectivity index (χ4v) is 2.74. The molecule has 2 heterocycles. The Balaban J connectivity index is 2.20. The Morgan fingerprint density at radius 1 is 1.19 bits per heavy atom. The molecule has 0 aliphatic heterocycles. The second kappa shape index (κ2) is 6.99. The summed E-state index contributed by atoms with van der Waals surface area (Å²) in [4.78, 5) is 12.8. The lowest BCUT2D eigenvalue weighted by Crippen LogP contribution is -2.40. The number of hydrogen-bond acceptors (Lipinski definition) is 3. The van der Waals surface area contributed by atoms with Crippen molar-refractivity contribution in [2.75, 3.05) is 0 Å². The van der Waals surface area contributed by atoms with Gasteiger partial charge in [0.2, 0.25) is 0 Å². The van der Waals surface area contributed by atoms with Crippen LogP contribution in [0.3, 0.4) is 0 Å². The zero-order chi connectivity index (χ0) is 18.7. The summed E-state index contributed by atoms with van der Waals surface area (Å²) in [5, 5.41) is 11.5. The largest absolute Gasteiger partial charge is 0.416 e. The highest BCUT2D eigenvalue weighted by atomic mass is 19.4. The Bertz CT molecular complexity index is 1030. The average Bonchev–Trinajstić information content (AvgIpc) is 2.63. The summed E-state index contributed by atoms with van der Waals surface area (Å²) in [5.74, 6) is 0. The second-order valence-electron chi connectivity index (χ2n) is 5.64. The van der Waals surface area contributed by atoms with Crippen LogP contribution in [0.5, 0.6) is 0 Å². The smallest absolute Gasteiger partial charge is 0.411 e. The van der Waals surface area contributed by atoms with Crippen LogP contribution in [0.1, 0.15) is 12.0 Å². The maximum absolute atomic E-state index is 13.0. The molecule has 0 saturated carbocycles. The maximum atomic E-state index is 13.0. The molecule has 26 heavy (non-hydrogen) atoms. The van der Waals surface area contributed by atoms with E-state index in [1.165, 1.54) is 28.9 Å². The fraction of sp³-hybridized carbons (Fsp3) is 0.167. The molecule has 2 aromatic heterocycles. The van der Waals surface area contributed by atoms with Crippen LogP contribution in [0, 0.1) is 0 Å². The van der Waals surface area contributed by atoms with E-state index in [9.17, 15) is 18.0 Å². The van der Waals surface area contributed by atoms with Gasteiger partial charge in [0, 0.05) is 18.7 Å². The number of aromatic nitrogens is 2. The Morgan fingerprint density at radius 2 is 2.00 bits per heavy atom. The van der Waals surface area contributed by atoms with Crippen LogP contribution < -0.4 is 10.1 Å². The number of hydrogen-bond donors (Lipinski definition) is 1. The van der Waals surface area contributed by atoms with E-state index in [-0.39, 0.29) is 11.1 Å². The van der Waals surface area contributed by atoms with E-state index in [2.05, 4.69) is 5.16 Å². The summed E-state index contributed by atoms with van der Waals surface area (Å²) >= 11 is 0. The molecule has 1 aromatic carbocycles. The monoisotopic (exact) mass is 362 g/mol. The Kier molecular flexibility index (Phi) is 4.75. The fourth-order valence-electron chi connectivity index (χ4n) is 2.74. The molecule has 1 N–H and O–H groups in total. The van der Waals surface area contributed by atoms with Gasteiger partial charge in [-0.05, 0) is 23.8 Å². The van der Waals surface area contributed by atoms with Crippen LogP contribution in [-0.4, -0.2) is 15.8 Å². The number of nitrogens with zero attached hydrogens (tertiary/aromatic N) is 3. The molecule has 5 nitrogen and oxygen atoms in total. The molecule has 0 radical (unpaired) electrons. The van der Waals surface area contributed by atoms with E-state index in [0.717, 1.165) is 12.1 Å². The van der Waals surface area contributed by atoms with Crippen LogP contribution in [0.2, 0.25) is 0 Å². The van der Waals surface area contributed by atoms with E-state index >= 15 is 0 Å². The molecule has 0 aliphatic rings. The minimum absolute atomic E-state index is 0.153. The van der Waals surface area contributed by atoms with E-state index in [4.69, 9.17) is 5.21 Å². The van der Waals surface area contributed by atoms with Gasteiger partial charge in [0.05, 0.1) is 18.3 Å². The lowest BCUT2D eigenvalue weighted by Gasteiger charge is -2.09. The third-order valence-electron chi connectivity index (χ3n) is 3.95. The summed E-state index contributed by atoms with van der Waals surface area (Å²) < 4.78 is 42.1. The minimum Gasteiger partial charge on any atom is -0.411 e. The first-order valence-electron chi connectivity index (χ1n) is 7.79. The van der Waals surface area contributed by atoms with Crippen molar-refractivity contribution in [2.45, 2.75) is 19.1 Å². The molecular formula is C18H15F3N3O2+. The van der Waals surface area contributed by atoms with Gasteiger partial charge in [0.1, 0.15) is 11.8 Å². The van der Waals surface area contributed by atoms with Crippen LogP contribution in [0.15, 0.2) is 64.8 Å². The maximum Gasteiger partial charge on any atom is 0.416 e. The summed E-state index contributed by atoms with van der Waals surface area (Å²) in [6.07, 6.45) is 0.299. The van der Waals surface area contributed by atoms with Crippen LogP contribution >= 0.6 is 0 Å². The van der Waals surface area contributed by atoms with Crippen molar-refractivity contribution in [3.05, 3.63) is 70.8 Å². The van der Waals surface area contributed by atoms with Crippen molar-refractivity contribution >= 4 is 11.9 Å². The molecule has 0 bridgehead atoms. The molecule has 0 unspecified atom stereocenters. The predicted octanol–water partition coefficient (Wildman–Crippen LogP) is 3.12. The molecule has 0 fully saturated rings. The van der Waals surface area contributed by atoms with Gasteiger partial charge in [-0.3, -0.25) is 0 Å². The molecule has 0 spiro atoms. The Labute approximate surface area is 146 Å². The van der Waals surface area contributed by atoms with Crippen molar-refractivity contribution in [1.29, 1.82) is 0 Å². The number of halogens is 3. The number of fused-ring (bicyclic) bond motifs is 1. The highest BCUT2D eigenvalue weighted by Crippen LogP contribution is 2.31. The van der Waals surface area contributed by atoms with Gasteiger partial charge < -0.3 is 5.21 Å². The van der Waals surface area contributed by atoms with E-state index < -0.39 is 17.3 Å². The number of benzene rings is 1. The molecule has 0 atom stereocenters. The highest BCUT2D eigenvalue weighted by Gasteiger charge is 2.31. The van der Waals surface area contributed by atoms with Gasteiger partial charge in [-0.15, -0.1) is 5.16 Å². The summed E-state index contributed by atoms with van der Waals surface area (Å²) in [7, 11) is 0. The molecule has 3 aromatic rings. The first-order valence-corrected chi connectivity index (χ1v) is 7.79. The third-order valence-corrected chi connectivity index (χ3v) is 3.95. The van der Waals surface area contributed by atoms with Crippen LogP contribution in [-0.2, 0) is 12.7 Å². The number of pyridine rings is 1. The first-order chi connectivity index (χ1) is 12.4. The van der Waals surface area contributed by atoms with Gasteiger partial charge in [0.25, 0.3) is 5.65 Å². The standard InChI is InChI=1S/C18H14F3N3O2/c19-18(20,21)14-6-3-5-13(11-14)15-12-23(9-4-8-22-26)16-7-1-2-10-24(16)17(15)25/h1-3,5-8,10-12H,4,9H2/p+1. The van der Waals surface area contributed by atoms with E-state index in [1.807, 2.05) is 0 Å². The zero-order valence-corrected chi connectivity index (χ0v) is 13.5. The summed E-state index contributed by atoms with van der Waals surface area (Å²) in [5.41, 5.74) is -0.300. The zero-order valence-electron chi connectivity index (χ0n) is 13.5. The van der Waals surface area contributed by atoms with E-state index in [1.54, 1.807) is 29.0 Å². The van der Waals surface area contributed by atoms with Gasteiger partial charge >= 0.3 is 11.7 Å². The second-order valence-corrected chi connectivity index (χ2v) is 5.64. The van der Waals surface area contributed by atoms with Crippen LogP contribution in [0.4, 0.5) is 13.2 Å². The lowest BCUT2D eigenvalue weighted by molar-refractivity contribution is -0.672. The lowest BCUT2D eigenvalue weighted by atomic mass is 10.1. The first kappa shape index (κ1) is 17.7. The molecule has 3 rings (SSSR count). The number of oxime groups is 1. The molecule has 0 aliphatic carbocycles. The number of alkyl halides is 3. The molecular weight excluding hydrogens is 347 g/mol. The van der Waals surface area contributed by atoms with Crippen molar-refractivity contribution in [1.82, 2.24) is 4.40 Å². The van der Waals surface area contributed by atoms with Gasteiger partial charge in [0.15, 0.2) is 0 Å². The number of aryl methyl sites for hydroxylation is 1. The molecule has 0 saturated heterocycles. The van der Waals surface area contributed by atoms with Crippen molar-refractivity contribution in [3.8, 4) is 11.1 Å². The Morgan fingerprint density at radius 3 is 2.73 bits per heavy atom. The van der Waals surface area contributed by atoms with Gasteiger partial charge in [-0.25, -0.2) is 9.36 Å². The van der Waals surface area contributed by atoms with Crippen molar-refractivity contribution in [2.24, 2.45) is 5.16 Å². The molecule has 134 valence electrons. The Hall–Kier alpha value is -3.16. The number of rotatable bonds is 4. The third kappa shape index (κ3) is 3.44. The quantitative estimate of drug-likeness (QED) is 0.336. The normalized spacial score (nSPS) is 12.1. The predicted molar refractivity (Wildman–Crippen MR) is 89.2 cm³/mol. The molecule has 0 amide bonds. The van der Waals surface area contributed by atoms with Crippen molar-refractivity contribution in [3.63, 3.8) is 0 Å². The van der Waals surface area contributed by atoms with Crippen molar-refractivity contribution < 1.29 is 22.9 Å². The van der Waals surface area contributed by atoms with E-state index in [0.29, 0.717) is 18.6 Å². The van der Waals surface area contributed by atoms with Crippen LogP contribution in [0.25, 0.3) is 16.8 Å². The topological polar surface area (TPSA) is 58.0 Å². The van der Waals surface area contributed by atoms with Gasteiger partial charge in [-0.1, -0.05) is 18.2 Å². The van der Waals surface area contributed by atoms with Gasteiger partial charge in [-0.2, -0.15) is 17.6 Å².